The third-order valence-corrected chi connectivity index (χ3v) is 5.27. The molecule has 23 heavy (non-hydrogen) atoms. The topological polar surface area (TPSA) is 18.5 Å². The Hall–Kier alpha value is -1.18. The summed E-state index contributed by atoms with van der Waals surface area (Å²) in [5, 5.41) is 0. The van der Waals surface area contributed by atoms with E-state index in [0.29, 0.717) is 0 Å². The molecular formula is C21H34O2. The molecule has 0 heterocycles. The molecule has 2 nitrogen and oxygen atoms in total. The monoisotopic (exact) mass is 318 g/mol. The van der Waals surface area contributed by atoms with E-state index in [9.17, 15) is 0 Å². The van der Waals surface area contributed by atoms with Crippen LogP contribution in [0.25, 0.3) is 0 Å². The summed E-state index contributed by atoms with van der Waals surface area (Å²) in [6, 6.07) is 7.88. The lowest BCUT2D eigenvalue weighted by Crippen LogP contribution is -2.15. The van der Waals surface area contributed by atoms with E-state index >= 15 is 0 Å². The number of methoxy groups -OCH3 is 1. The molecule has 2 rings (SSSR count). The number of ether oxygens (including phenoxy) is 2. The van der Waals surface area contributed by atoms with Crippen LogP contribution in [-0.2, 0) is 0 Å². The third kappa shape index (κ3) is 6.85. The molecule has 0 spiro atoms. The molecule has 1 aromatic rings. The van der Waals surface area contributed by atoms with Gasteiger partial charge in [-0.05, 0) is 48.9 Å². The lowest BCUT2D eigenvalue weighted by molar-refractivity contribution is 0.228. The van der Waals surface area contributed by atoms with Gasteiger partial charge in [-0.15, -0.1) is 0 Å². The highest BCUT2D eigenvalue weighted by Crippen LogP contribution is 2.34. The molecule has 1 aromatic carbocycles. The molecule has 1 saturated carbocycles. The fourth-order valence-corrected chi connectivity index (χ4v) is 3.73. The molecular weight excluding hydrogens is 284 g/mol. The highest BCUT2D eigenvalue weighted by Gasteiger charge is 2.20. The van der Waals surface area contributed by atoms with Crippen molar-refractivity contribution in [2.24, 2.45) is 11.8 Å². The van der Waals surface area contributed by atoms with Crippen LogP contribution in [0.3, 0.4) is 0 Å². The average molecular weight is 319 g/mol. The number of rotatable bonds is 10. The first-order chi connectivity index (χ1) is 11.3. The minimum atomic E-state index is 0.836. The maximum atomic E-state index is 5.83. The van der Waals surface area contributed by atoms with E-state index in [1.165, 1.54) is 64.2 Å². The second-order valence-electron chi connectivity index (χ2n) is 7.05. The summed E-state index contributed by atoms with van der Waals surface area (Å²) in [5.74, 6) is 3.80. The molecule has 1 aliphatic rings. The van der Waals surface area contributed by atoms with Crippen molar-refractivity contribution in [3.05, 3.63) is 24.3 Å². The molecule has 2 heteroatoms. The zero-order chi connectivity index (χ0) is 16.3. The first-order valence-corrected chi connectivity index (χ1v) is 9.58. The maximum Gasteiger partial charge on any atom is 0.119 e. The van der Waals surface area contributed by atoms with Gasteiger partial charge in [0.1, 0.15) is 11.5 Å². The minimum Gasteiger partial charge on any atom is -0.497 e. The van der Waals surface area contributed by atoms with Gasteiger partial charge in [-0.2, -0.15) is 0 Å². The number of hydrogen-bond donors (Lipinski definition) is 0. The van der Waals surface area contributed by atoms with Crippen molar-refractivity contribution in [1.82, 2.24) is 0 Å². The van der Waals surface area contributed by atoms with Gasteiger partial charge in [0.25, 0.3) is 0 Å². The Morgan fingerprint density at radius 1 is 0.826 bits per heavy atom. The lowest BCUT2D eigenvalue weighted by Gasteiger charge is -2.28. The van der Waals surface area contributed by atoms with Crippen LogP contribution < -0.4 is 9.47 Å². The van der Waals surface area contributed by atoms with Crippen molar-refractivity contribution in [3.63, 3.8) is 0 Å². The molecule has 130 valence electrons. The Bertz CT molecular complexity index is 404. The molecule has 0 amide bonds. The first-order valence-electron chi connectivity index (χ1n) is 9.58. The SMILES string of the molecule is CCCCC[C@H]1CC[C@H](CCCOc2ccc(OC)cc2)CC1. The molecule has 1 fully saturated rings. The Kier molecular flexibility index (Phi) is 8.35. The first kappa shape index (κ1) is 18.2. The van der Waals surface area contributed by atoms with E-state index < -0.39 is 0 Å². The van der Waals surface area contributed by atoms with E-state index in [4.69, 9.17) is 9.47 Å². The number of hydrogen-bond acceptors (Lipinski definition) is 2. The van der Waals surface area contributed by atoms with Crippen molar-refractivity contribution in [2.45, 2.75) is 71.1 Å². The van der Waals surface area contributed by atoms with Crippen LogP contribution in [0.2, 0.25) is 0 Å². The van der Waals surface area contributed by atoms with Gasteiger partial charge in [0.05, 0.1) is 13.7 Å². The predicted octanol–water partition coefficient (Wildman–Crippen LogP) is 6.24. The van der Waals surface area contributed by atoms with Crippen molar-refractivity contribution in [3.8, 4) is 11.5 Å². The lowest BCUT2D eigenvalue weighted by atomic mass is 9.78. The van der Waals surface area contributed by atoms with Crippen molar-refractivity contribution < 1.29 is 9.47 Å². The van der Waals surface area contributed by atoms with Gasteiger partial charge in [-0.25, -0.2) is 0 Å². The molecule has 0 aliphatic heterocycles. The minimum absolute atomic E-state index is 0.836. The molecule has 0 radical (unpaired) electrons. The van der Waals surface area contributed by atoms with Gasteiger partial charge in [0, 0.05) is 0 Å². The van der Waals surface area contributed by atoms with Crippen LogP contribution in [0.1, 0.15) is 71.1 Å². The highest BCUT2D eigenvalue weighted by atomic mass is 16.5. The van der Waals surface area contributed by atoms with Gasteiger partial charge in [0.15, 0.2) is 0 Å². The van der Waals surface area contributed by atoms with Gasteiger partial charge in [0.2, 0.25) is 0 Å². The maximum absolute atomic E-state index is 5.83. The largest absolute Gasteiger partial charge is 0.497 e. The van der Waals surface area contributed by atoms with E-state index in [1.807, 2.05) is 24.3 Å². The summed E-state index contributed by atoms with van der Waals surface area (Å²) in [5.41, 5.74) is 0. The van der Waals surface area contributed by atoms with Crippen molar-refractivity contribution in [2.75, 3.05) is 13.7 Å². The zero-order valence-electron chi connectivity index (χ0n) is 15.1. The van der Waals surface area contributed by atoms with Crippen LogP contribution in [0.4, 0.5) is 0 Å². The van der Waals surface area contributed by atoms with Crippen molar-refractivity contribution in [1.29, 1.82) is 0 Å². The van der Waals surface area contributed by atoms with Gasteiger partial charge < -0.3 is 9.47 Å². The molecule has 0 N–H and O–H groups in total. The van der Waals surface area contributed by atoms with E-state index in [2.05, 4.69) is 6.92 Å². The molecule has 0 saturated heterocycles. The van der Waals surface area contributed by atoms with Crippen LogP contribution in [0.15, 0.2) is 24.3 Å². The Labute approximate surface area is 142 Å². The van der Waals surface area contributed by atoms with E-state index in [0.717, 1.165) is 29.9 Å². The van der Waals surface area contributed by atoms with Crippen LogP contribution in [0, 0.1) is 11.8 Å². The Morgan fingerprint density at radius 2 is 1.39 bits per heavy atom. The van der Waals surface area contributed by atoms with Crippen molar-refractivity contribution >= 4 is 0 Å². The molecule has 1 aliphatic carbocycles. The standard InChI is InChI=1S/C21H34O2/c1-3-4-5-7-18-9-11-19(12-10-18)8-6-17-23-21-15-13-20(22-2)14-16-21/h13-16,18-19H,3-12,17H2,1-2H3/t18-,19-. The third-order valence-electron chi connectivity index (χ3n) is 5.27. The van der Waals surface area contributed by atoms with Gasteiger partial charge >= 0.3 is 0 Å². The zero-order valence-corrected chi connectivity index (χ0v) is 15.1. The average Bonchev–Trinajstić information content (AvgIpc) is 2.61. The summed E-state index contributed by atoms with van der Waals surface area (Å²) < 4.78 is 11.0. The summed E-state index contributed by atoms with van der Waals surface area (Å²) in [4.78, 5) is 0. The highest BCUT2D eigenvalue weighted by molar-refractivity contribution is 5.31. The predicted molar refractivity (Wildman–Crippen MR) is 97.3 cm³/mol. The fraction of sp³-hybridized carbons (Fsp3) is 0.714. The van der Waals surface area contributed by atoms with Crippen LogP contribution >= 0.6 is 0 Å². The second kappa shape index (κ2) is 10.6. The molecule has 0 atom stereocenters. The smallest absolute Gasteiger partial charge is 0.119 e. The Morgan fingerprint density at radius 3 is 1.96 bits per heavy atom. The fourth-order valence-electron chi connectivity index (χ4n) is 3.73. The molecule has 0 bridgehead atoms. The molecule has 0 unspecified atom stereocenters. The number of unbranched alkanes of at least 4 members (excludes halogenated alkanes) is 2. The van der Waals surface area contributed by atoms with Crippen LogP contribution in [0.5, 0.6) is 11.5 Å². The van der Waals surface area contributed by atoms with E-state index in [1.54, 1.807) is 7.11 Å². The summed E-state index contributed by atoms with van der Waals surface area (Å²) >= 11 is 0. The van der Waals surface area contributed by atoms with Gasteiger partial charge in [-0.1, -0.05) is 58.3 Å². The van der Waals surface area contributed by atoms with E-state index in [-0.39, 0.29) is 0 Å². The summed E-state index contributed by atoms with van der Waals surface area (Å²) in [7, 11) is 1.69. The van der Waals surface area contributed by atoms with Crippen LogP contribution in [-0.4, -0.2) is 13.7 Å². The number of benzene rings is 1. The Balaban J connectivity index is 1.53. The summed E-state index contributed by atoms with van der Waals surface area (Å²) in [6.07, 6.45) is 14.0. The quantitative estimate of drug-likeness (QED) is 0.475. The van der Waals surface area contributed by atoms with Gasteiger partial charge in [-0.3, -0.25) is 0 Å². The molecule has 0 aromatic heterocycles. The normalized spacial score (nSPS) is 21.1. The summed E-state index contributed by atoms with van der Waals surface area (Å²) in [6.45, 7) is 3.13. The second-order valence-corrected chi connectivity index (χ2v) is 7.05.